The molecule has 0 aliphatic heterocycles. The predicted molar refractivity (Wildman–Crippen MR) is 81.6 cm³/mol. The first-order chi connectivity index (χ1) is 8.65. The average molecular weight is 303 g/mol. The first kappa shape index (κ1) is 12.8. The maximum Gasteiger partial charge on any atom is 0.106 e. The SMILES string of the molecule is CN(C)c1ccc(/C=C/c2ccnc(Br)c2)cc1. The Morgan fingerprint density at radius 1 is 1.00 bits per heavy atom. The van der Waals surface area contributed by atoms with Gasteiger partial charge in [0.2, 0.25) is 0 Å². The van der Waals surface area contributed by atoms with Gasteiger partial charge in [0.15, 0.2) is 0 Å². The van der Waals surface area contributed by atoms with Gasteiger partial charge >= 0.3 is 0 Å². The van der Waals surface area contributed by atoms with Crippen molar-refractivity contribution in [3.63, 3.8) is 0 Å². The van der Waals surface area contributed by atoms with Crippen LogP contribution in [0.15, 0.2) is 47.2 Å². The summed E-state index contributed by atoms with van der Waals surface area (Å²) >= 11 is 3.36. The summed E-state index contributed by atoms with van der Waals surface area (Å²) in [5.74, 6) is 0. The van der Waals surface area contributed by atoms with E-state index in [4.69, 9.17) is 0 Å². The van der Waals surface area contributed by atoms with Crippen molar-refractivity contribution in [2.24, 2.45) is 0 Å². The molecule has 0 N–H and O–H groups in total. The highest BCUT2D eigenvalue weighted by Crippen LogP contribution is 2.15. The molecule has 0 aliphatic carbocycles. The van der Waals surface area contributed by atoms with Gasteiger partial charge < -0.3 is 4.90 Å². The molecule has 0 fully saturated rings. The maximum absolute atomic E-state index is 4.10. The molecule has 2 aromatic rings. The molecule has 1 aromatic carbocycles. The number of aromatic nitrogens is 1. The van der Waals surface area contributed by atoms with Crippen LogP contribution in [0.5, 0.6) is 0 Å². The van der Waals surface area contributed by atoms with Crippen LogP contribution in [-0.2, 0) is 0 Å². The van der Waals surface area contributed by atoms with Crippen LogP contribution in [0, 0.1) is 0 Å². The van der Waals surface area contributed by atoms with Crippen molar-refractivity contribution in [2.45, 2.75) is 0 Å². The van der Waals surface area contributed by atoms with Gasteiger partial charge in [-0.25, -0.2) is 4.98 Å². The molecule has 0 atom stereocenters. The van der Waals surface area contributed by atoms with Gasteiger partial charge in [0.25, 0.3) is 0 Å². The third-order valence-electron chi connectivity index (χ3n) is 2.63. The second-order valence-electron chi connectivity index (χ2n) is 4.23. The average Bonchev–Trinajstić information content (AvgIpc) is 2.37. The van der Waals surface area contributed by atoms with Gasteiger partial charge in [0, 0.05) is 26.0 Å². The van der Waals surface area contributed by atoms with Gasteiger partial charge in [-0.15, -0.1) is 0 Å². The van der Waals surface area contributed by atoms with Gasteiger partial charge in [0.05, 0.1) is 0 Å². The highest BCUT2D eigenvalue weighted by atomic mass is 79.9. The van der Waals surface area contributed by atoms with Crippen LogP contribution < -0.4 is 4.90 Å². The molecule has 3 heteroatoms. The van der Waals surface area contributed by atoms with Crippen molar-refractivity contribution in [3.05, 3.63) is 58.3 Å². The summed E-state index contributed by atoms with van der Waals surface area (Å²) in [6.45, 7) is 0. The van der Waals surface area contributed by atoms with Gasteiger partial charge in [0.1, 0.15) is 4.60 Å². The first-order valence-electron chi connectivity index (χ1n) is 5.72. The van der Waals surface area contributed by atoms with Crippen LogP contribution in [-0.4, -0.2) is 19.1 Å². The lowest BCUT2D eigenvalue weighted by Crippen LogP contribution is -2.07. The number of benzene rings is 1. The van der Waals surface area contributed by atoms with Gasteiger partial charge in [-0.1, -0.05) is 24.3 Å². The van der Waals surface area contributed by atoms with E-state index >= 15 is 0 Å². The fourth-order valence-corrected chi connectivity index (χ4v) is 1.98. The Balaban J connectivity index is 2.14. The molecule has 1 heterocycles. The molecular weight excluding hydrogens is 288 g/mol. The van der Waals surface area contributed by atoms with Gasteiger partial charge in [-0.2, -0.15) is 0 Å². The topological polar surface area (TPSA) is 16.1 Å². The monoisotopic (exact) mass is 302 g/mol. The van der Waals surface area contributed by atoms with Crippen LogP contribution in [0.4, 0.5) is 5.69 Å². The molecule has 2 rings (SSSR count). The Hall–Kier alpha value is -1.61. The van der Waals surface area contributed by atoms with Crippen LogP contribution in [0.2, 0.25) is 0 Å². The Kier molecular flexibility index (Phi) is 4.15. The number of halogens is 1. The van der Waals surface area contributed by atoms with Crippen molar-refractivity contribution in [2.75, 3.05) is 19.0 Å². The second kappa shape index (κ2) is 5.83. The Bertz CT molecular complexity index is 545. The van der Waals surface area contributed by atoms with E-state index in [9.17, 15) is 0 Å². The van der Waals surface area contributed by atoms with Crippen molar-refractivity contribution >= 4 is 33.8 Å². The van der Waals surface area contributed by atoms with Crippen molar-refractivity contribution < 1.29 is 0 Å². The molecule has 0 spiro atoms. The maximum atomic E-state index is 4.10. The molecule has 0 saturated carbocycles. The third-order valence-corrected chi connectivity index (χ3v) is 3.06. The molecule has 92 valence electrons. The van der Waals surface area contributed by atoms with E-state index in [1.54, 1.807) is 6.20 Å². The zero-order valence-corrected chi connectivity index (χ0v) is 12.1. The number of nitrogens with zero attached hydrogens (tertiary/aromatic N) is 2. The summed E-state index contributed by atoms with van der Waals surface area (Å²) in [5.41, 5.74) is 3.53. The minimum absolute atomic E-state index is 0.854. The van der Waals surface area contributed by atoms with Crippen molar-refractivity contribution in [3.8, 4) is 0 Å². The highest BCUT2D eigenvalue weighted by Gasteiger charge is 1.94. The van der Waals surface area contributed by atoms with E-state index in [-0.39, 0.29) is 0 Å². The van der Waals surface area contributed by atoms with E-state index < -0.39 is 0 Å². The summed E-state index contributed by atoms with van der Waals surface area (Å²) in [4.78, 5) is 6.19. The molecule has 0 saturated heterocycles. The van der Waals surface area contributed by atoms with E-state index in [0.29, 0.717) is 0 Å². The predicted octanol–water partition coefficient (Wildman–Crippen LogP) is 4.08. The van der Waals surface area contributed by atoms with E-state index in [1.807, 2.05) is 26.2 Å². The molecule has 0 bridgehead atoms. The zero-order valence-electron chi connectivity index (χ0n) is 10.5. The summed E-state index contributed by atoms with van der Waals surface area (Å²) in [6.07, 6.45) is 5.97. The number of hydrogen-bond donors (Lipinski definition) is 0. The van der Waals surface area contributed by atoms with Crippen LogP contribution in [0.25, 0.3) is 12.2 Å². The standard InChI is InChI=1S/C15H15BrN2/c1-18(2)14-7-5-12(6-8-14)3-4-13-9-10-17-15(16)11-13/h3-11H,1-2H3/b4-3+. The lowest BCUT2D eigenvalue weighted by molar-refractivity contribution is 1.13. The molecule has 0 amide bonds. The minimum atomic E-state index is 0.854. The molecule has 1 aromatic heterocycles. The third kappa shape index (κ3) is 3.44. The summed E-state index contributed by atoms with van der Waals surface area (Å²) in [6, 6.07) is 12.4. The molecule has 0 aliphatic rings. The largest absolute Gasteiger partial charge is 0.378 e. The fraction of sp³-hybridized carbons (Fsp3) is 0.133. The Morgan fingerprint density at radius 2 is 1.67 bits per heavy atom. The van der Waals surface area contributed by atoms with E-state index in [2.05, 4.69) is 62.2 Å². The summed E-state index contributed by atoms with van der Waals surface area (Å²) < 4.78 is 0.854. The van der Waals surface area contributed by atoms with E-state index in [1.165, 1.54) is 11.3 Å². The number of hydrogen-bond acceptors (Lipinski definition) is 2. The molecule has 18 heavy (non-hydrogen) atoms. The van der Waals surface area contributed by atoms with Gasteiger partial charge in [-0.05, 0) is 51.3 Å². The highest BCUT2D eigenvalue weighted by molar-refractivity contribution is 9.10. The smallest absolute Gasteiger partial charge is 0.106 e. The fourth-order valence-electron chi connectivity index (χ4n) is 1.60. The number of anilines is 1. The quantitative estimate of drug-likeness (QED) is 0.794. The lowest BCUT2D eigenvalue weighted by Gasteiger charge is -2.11. The molecule has 2 nitrogen and oxygen atoms in total. The number of pyridine rings is 1. The molecule has 0 radical (unpaired) electrons. The Labute approximate surface area is 116 Å². The first-order valence-corrected chi connectivity index (χ1v) is 6.51. The minimum Gasteiger partial charge on any atom is -0.378 e. The lowest BCUT2D eigenvalue weighted by atomic mass is 10.1. The van der Waals surface area contributed by atoms with Crippen LogP contribution in [0.1, 0.15) is 11.1 Å². The second-order valence-corrected chi connectivity index (χ2v) is 5.04. The van der Waals surface area contributed by atoms with Crippen LogP contribution >= 0.6 is 15.9 Å². The van der Waals surface area contributed by atoms with Crippen molar-refractivity contribution in [1.29, 1.82) is 0 Å². The summed E-state index contributed by atoms with van der Waals surface area (Å²) in [5, 5.41) is 0. The van der Waals surface area contributed by atoms with E-state index in [0.717, 1.165) is 10.2 Å². The normalized spacial score (nSPS) is 10.8. The Morgan fingerprint density at radius 3 is 2.28 bits per heavy atom. The zero-order chi connectivity index (χ0) is 13.0. The number of rotatable bonds is 3. The van der Waals surface area contributed by atoms with Gasteiger partial charge in [-0.3, -0.25) is 0 Å². The van der Waals surface area contributed by atoms with Crippen LogP contribution in [0.3, 0.4) is 0 Å². The molecule has 0 unspecified atom stereocenters. The molecular formula is C15H15BrN2. The van der Waals surface area contributed by atoms with Crippen molar-refractivity contribution in [1.82, 2.24) is 4.98 Å². The summed E-state index contributed by atoms with van der Waals surface area (Å²) in [7, 11) is 4.08.